The molecule has 0 aliphatic carbocycles. The van der Waals surface area contributed by atoms with Gasteiger partial charge in [0.15, 0.2) is 0 Å². The summed E-state index contributed by atoms with van der Waals surface area (Å²) < 4.78 is 14.2. The summed E-state index contributed by atoms with van der Waals surface area (Å²) in [5.74, 6) is -2.43. The summed E-state index contributed by atoms with van der Waals surface area (Å²) in [5, 5.41) is 18.2. The number of hydrogen-bond donors (Lipinski definition) is 1. The monoisotopic (exact) mass is 290 g/mol. The highest BCUT2D eigenvalue weighted by atomic mass is 19.1. The van der Waals surface area contributed by atoms with E-state index in [1.807, 2.05) is 26.8 Å². The number of carboxylic acids is 1. The first-order valence-electron chi connectivity index (χ1n) is 6.91. The van der Waals surface area contributed by atoms with Crippen LogP contribution in [0.25, 0.3) is 0 Å². The third-order valence-electron chi connectivity index (χ3n) is 4.11. The summed E-state index contributed by atoms with van der Waals surface area (Å²) >= 11 is 0. The standard InChI is InChI=1S/C16H19FN2O2/c1-16(2,3)19-8-12(13(9-19)15(20)21)11-5-4-10(7-18)6-14(11)17/h4-6,12-13H,8-9H2,1-3H3,(H,20,21). The Morgan fingerprint density at radius 3 is 2.57 bits per heavy atom. The largest absolute Gasteiger partial charge is 0.481 e. The van der Waals surface area contributed by atoms with E-state index in [0.717, 1.165) is 0 Å². The van der Waals surface area contributed by atoms with Crippen molar-refractivity contribution in [2.75, 3.05) is 13.1 Å². The zero-order chi connectivity index (χ0) is 15.8. The maximum Gasteiger partial charge on any atom is 0.308 e. The highest BCUT2D eigenvalue weighted by Gasteiger charge is 2.42. The quantitative estimate of drug-likeness (QED) is 0.909. The van der Waals surface area contributed by atoms with Crippen LogP contribution >= 0.6 is 0 Å². The number of halogens is 1. The van der Waals surface area contributed by atoms with E-state index in [-0.39, 0.29) is 11.1 Å². The van der Waals surface area contributed by atoms with Gasteiger partial charge in [-0.15, -0.1) is 0 Å². The van der Waals surface area contributed by atoms with E-state index < -0.39 is 23.6 Å². The van der Waals surface area contributed by atoms with Crippen LogP contribution in [0.15, 0.2) is 18.2 Å². The van der Waals surface area contributed by atoms with Gasteiger partial charge in [0.25, 0.3) is 0 Å². The molecule has 112 valence electrons. The number of hydrogen-bond acceptors (Lipinski definition) is 3. The van der Waals surface area contributed by atoms with Crippen LogP contribution in [-0.4, -0.2) is 34.6 Å². The lowest BCUT2D eigenvalue weighted by Crippen LogP contribution is -2.40. The SMILES string of the molecule is CC(C)(C)N1CC(C(=O)O)C(c2ccc(C#N)cc2F)C1. The zero-order valence-corrected chi connectivity index (χ0v) is 12.4. The van der Waals surface area contributed by atoms with Crippen molar-refractivity contribution in [3.8, 4) is 6.07 Å². The fourth-order valence-corrected chi connectivity index (χ4v) is 2.81. The number of aliphatic carboxylic acids is 1. The predicted octanol–water partition coefficient (Wildman–Crippen LogP) is 2.60. The average Bonchev–Trinajstić information content (AvgIpc) is 2.83. The Labute approximate surface area is 123 Å². The molecular weight excluding hydrogens is 271 g/mol. The number of carbonyl (C=O) groups is 1. The Balaban J connectivity index is 2.37. The molecule has 1 aliphatic rings. The number of rotatable bonds is 2. The molecule has 0 spiro atoms. The topological polar surface area (TPSA) is 64.3 Å². The first kappa shape index (κ1) is 15.5. The molecule has 2 rings (SSSR count). The van der Waals surface area contributed by atoms with Crippen LogP contribution in [0.4, 0.5) is 4.39 Å². The molecule has 4 nitrogen and oxygen atoms in total. The summed E-state index contributed by atoms with van der Waals surface area (Å²) in [6.45, 7) is 6.96. The number of likely N-dealkylation sites (tertiary alicyclic amines) is 1. The molecule has 5 heteroatoms. The number of carboxylic acid groups (broad SMARTS) is 1. The molecular formula is C16H19FN2O2. The Bertz CT molecular complexity index is 601. The Morgan fingerprint density at radius 1 is 1.43 bits per heavy atom. The summed E-state index contributed by atoms with van der Waals surface area (Å²) in [7, 11) is 0. The summed E-state index contributed by atoms with van der Waals surface area (Å²) in [5.41, 5.74) is 0.466. The summed E-state index contributed by atoms with van der Waals surface area (Å²) in [6.07, 6.45) is 0. The second-order valence-corrected chi connectivity index (χ2v) is 6.48. The van der Waals surface area contributed by atoms with Gasteiger partial charge in [0.05, 0.1) is 17.6 Å². The summed E-state index contributed by atoms with van der Waals surface area (Å²) in [4.78, 5) is 13.6. The minimum atomic E-state index is -0.907. The average molecular weight is 290 g/mol. The Kier molecular flexibility index (Phi) is 4.02. The number of nitrogens with zero attached hydrogens (tertiary/aromatic N) is 2. The van der Waals surface area contributed by atoms with Gasteiger partial charge in [0.2, 0.25) is 0 Å². The van der Waals surface area contributed by atoms with Crippen molar-refractivity contribution in [1.82, 2.24) is 4.90 Å². The number of benzene rings is 1. The van der Waals surface area contributed by atoms with Gasteiger partial charge in [0, 0.05) is 24.5 Å². The van der Waals surface area contributed by atoms with Crippen LogP contribution in [0.5, 0.6) is 0 Å². The van der Waals surface area contributed by atoms with E-state index in [4.69, 9.17) is 5.26 Å². The van der Waals surface area contributed by atoms with Crippen LogP contribution in [0.1, 0.15) is 37.8 Å². The Morgan fingerprint density at radius 2 is 2.10 bits per heavy atom. The van der Waals surface area contributed by atoms with E-state index in [2.05, 4.69) is 4.90 Å². The van der Waals surface area contributed by atoms with E-state index in [1.165, 1.54) is 12.1 Å². The molecule has 1 heterocycles. The predicted molar refractivity (Wildman–Crippen MR) is 76.3 cm³/mol. The van der Waals surface area contributed by atoms with Gasteiger partial charge in [-0.1, -0.05) is 6.07 Å². The van der Waals surface area contributed by atoms with Gasteiger partial charge < -0.3 is 5.11 Å². The van der Waals surface area contributed by atoms with Crippen molar-refractivity contribution in [3.05, 3.63) is 35.1 Å². The van der Waals surface area contributed by atoms with Crippen molar-refractivity contribution in [1.29, 1.82) is 5.26 Å². The van der Waals surface area contributed by atoms with E-state index in [9.17, 15) is 14.3 Å². The first-order valence-corrected chi connectivity index (χ1v) is 6.91. The van der Waals surface area contributed by atoms with Gasteiger partial charge in [0.1, 0.15) is 5.82 Å². The molecule has 21 heavy (non-hydrogen) atoms. The van der Waals surface area contributed by atoms with Crippen molar-refractivity contribution >= 4 is 5.97 Å². The second-order valence-electron chi connectivity index (χ2n) is 6.48. The lowest BCUT2D eigenvalue weighted by atomic mass is 9.88. The molecule has 1 N–H and O–H groups in total. The van der Waals surface area contributed by atoms with Gasteiger partial charge in [-0.3, -0.25) is 9.69 Å². The fraction of sp³-hybridized carbons (Fsp3) is 0.500. The third-order valence-corrected chi connectivity index (χ3v) is 4.11. The molecule has 0 radical (unpaired) electrons. The Hall–Kier alpha value is -1.93. The zero-order valence-electron chi connectivity index (χ0n) is 12.4. The van der Waals surface area contributed by atoms with Gasteiger partial charge in [-0.05, 0) is 38.5 Å². The normalized spacial score (nSPS) is 23.0. The molecule has 1 aromatic rings. The van der Waals surface area contributed by atoms with Crippen LogP contribution in [0.2, 0.25) is 0 Å². The second kappa shape index (κ2) is 5.45. The minimum absolute atomic E-state index is 0.161. The lowest BCUT2D eigenvalue weighted by Gasteiger charge is -2.31. The molecule has 0 saturated carbocycles. The van der Waals surface area contributed by atoms with Crippen molar-refractivity contribution in [2.24, 2.45) is 5.92 Å². The van der Waals surface area contributed by atoms with Crippen molar-refractivity contribution < 1.29 is 14.3 Å². The van der Waals surface area contributed by atoms with Crippen molar-refractivity contribution in [2.45, 2.75) is 32.2 Å². The molecule has 1 aliphatic heterocycles. The van der Waals surface area contributed by atoms with E-state index >= 15 is 0 Å². The van der Waals surface area contributed by atoms with Crippen LogP contribution in [0, 0.1) is 23.1 Å². The molecule has 1 aromatic carbocycles. The van der Waals surface area contributed by atoms with Crippen LogP contribution in [0.3, 0.4) is 0 Å². The maximum absolute atomic E-state index is 14.2. The molecule has 1 saturated heterocycles. The van der Waals surface area contributed by atoms with E-state index in [0.29, 0.717) is 18.7 Å². The molecule has 0 amide bonds. The molecule has 1 fully saturated rings. The minimum Gasteiger partial charge on any atom is -0.481 e. The first-order chi connectivity index (χ1) is 9.74. The van der Waals surface area contributed by atoms with Crippen LogP contribution < -0.4 is 0 Å². The smallest absolute Gasteiger partial charge is 0.308 e. The molecule has 0 aromatic heterocycles. The third kappa shape index (κ3) is 3.06. The van der Waals surface area contributed by atoms with Gasteiger partial charge in [-0.25, -0.2) is 4.39 Å². The fourth-order valence-electron chi connectivity index (χ4n) is 2.81. The van der Waals surface area contributed by atoms with Gasteiger partial charge in [-0.2, -0.15) is 5.26 Å². The van der Waals surface area contributed by atoms with Gasteiger partial charge >= 0.3 is 5.97 Å². The number of nitriles is 1. The molecule has 2 unspecified atom stereocenters. The lowest BCUT2D eigenvalue weighted by molar-refractivity contribution is -0.141. The highest BCUT2D eigenvalue weighted by Crippen LogP contribution is 2.37. The molecule has 2 atom stereocenters. The molecule has 0 bridgehead atoms. The van der Waals surface area contributed by atoms with Crippen LogP contribution in [-0.2, 0) is 4.79 Å². The van der Waals surface area contributed by atoms with Crippen molar-refractivity contribution in [3.63, 3.8) is 0 Å². The van der Waals surface area contributed by atoms with E-state index in [1.54, 1.807) is 6.07 Å². The maximum atomic E-state index is 14.2. The highest BCUT2D eigenvalue weighted by molar-refractivity contribution is 5.72. The summed E-state index contributed by atoms with van der Waals surface area (Å²) in [6, 6.07) is 6.14.